The van der Waals surface area contributed by atoms with Crippen LogP contribution in [0.25, 0.3) is 16.8 Å². The van der Waals surface area contributed by atoms with Gasteiger partial charge in [0.15, 0.2) is 11.5 Å². The number of amides is 1. The summed E-state index contributed by atoms with van der Waals surface area (Å²) in [6, 6.07) is 12.1. The Bertz CT molecular complexity index is 1370. The van der Waals surface area contributed by atoms with E-state index in [2.05, 4.69) is 11.6 Å². The van der Waals surface area contributed by atoms with Crippen LogP contribution >= 0.6 is 0 Å². The first kappa shape index (κ1) is 21.6. The van der Waals surface area contributed by atoms with Gasteiger partial charge in [0.25, 0.3) is 0 Å². The van der Waals surface area contributed by atoms with Crippen molar-refractivity contribution in [2.24, 2.45) is 0 Å². The molecule has 1 atom stereocenters. The Morgan fingerprint density at radius 1 is 1.21 bits per heavy atom. The summed E-state index contributed by atoms with van der Waals surface area (Å²) in [5.41, 5.74) is 2.54. The molecule has 172 valence electrons. The fourth-order valence-corrected chi connectivity index (χ4v) is 4.30. The molecule has 3 heterocycles. The van der Waals surface area contributed by atoms with Crippen LogP contribution < -0.4 is 9.47 Å². The molecule has 5 rings (SSSR count). The zero-order chi connectivity index (χ0) is 23.7. The number of aromatic nitrogens is 3. The van der Waals surface area contributed by atoms with E-state index in [4.69, 9.17) is 14.5 Å². The van der Waals surface area contributed by atoms with Crippen molar-refractivity contribution >= 4 is 11.4 Å². The van der Waals surface area contributed by atoms with E-state index >= 15 is 0 Å². The zero-order valence-electron chi connectivity index (χ0n) is 18.6. The third kappa shape index (κ3) is 3.87. The van der Waals surface area contributed by atoms with Crippen LogP contribution in [0.3, 0.4) is 0 Å². The number of hydrogen-bond acceptors (Lipinski definition) is 5. The van der Waals surface area contributed by atoms with Crippen molar-refractivity contribution < 1.29 is 18.7 Å². The van der Waals surface area contributed by atoms with Gasteiger partial charge in [0.2, 0.25) is 11.7 Å². The van der Waals surface area contributed by atoms with Crippen molar-refractivity contribution in [3.05, 3.63) is 85.4 Å². The third-order valence-electron chi connectivity index (χ3n) is 6.02. The maximum Gasteiger partial charge on any atom is 0.245 e. The van der Waals surface area contributed by atoms with Gasteiger partial charge in [0.1, 0.15) is 11.6 Å². The molecule has 1 aliphatic rings. The number of imidazole rings is 1. The fraction of sp³-hybridized carbons (Fsp3) is 0.192. The lowest BCUT2D eigenvalue weighted by Gasteiger charge is -2.13. The molecule has 0 spiro atoms. The van der Waals surface area contributed by atoms with E-state index in [0.29, 0.717) is 18.8 Å². The molecule has 34 heavy (non-hydrogen) atoms. The first-order valence-corrected chi connectivity index (χ1v) is 10.9. The average molecular weight is 458 g/mol. The smallest absolute Gasteiger partial charge is 0.245 e. The lowest BCUT2D eigenvalue weighted by atomic mass is 10.1. The molecular formula is C26H23FN4O3. The average Bonchev–Trinajstić information content (AvgIpc) is 3.51. The maximum absolute atomic E-state index is 14.4. The zero-order valence-corrected chi connectivity index (χ0v) is 18.6. The van der Waals surface area contributed by atoms with Gasteiger partial charge in [-0.3, -0.25) is 14.2 Å². The van der Waals surface area contributed by atoms with E-state index in [1.165, 1.54) is 19.3 Å². The minimum absolute atomic E-state index is 0.0617. The molecule has 8 heteroatoms. The first-order chi connectivity index (χ1) is 16.6. The quantitative estimate of drug-likeness (QED) is 0.387. The van der Waals surface area contributed by atoms with Gasteiger partial charge in [-0.1, -0.05) is 12.6 Å². The number of carbonyl (C=O) groups is 1. The molecule has 0 radical (unpaired) electrons. The minimum atomic E-state index is -0.551. The predicted octanol–water partition coefficient (Wildman–Crippen LogP) is 4.84. The van der Waals surface area contributed by atoms with Gasteiger partial charge < -0.3 is 14.4 Å². The van der Waals surface area contributed by atoms with Crippen LogP contribution in [0.2, 0.25) is 0 Å². The lowest BCUT2D eigenvalue weighted by Crippen LogP contribution is -2.26. The predicted molar refractivity (Wildman–Crippen MR) is 126 cm³/mol. The maximum atomic E-state index is 14.4. The normalized spacial score (nSPS) is 15.5. The highest BCUT2D eigenvalue weighted by molar-refractivity contribution is 5.87. The Labute approximate surface area is 196 Å². The summed E-state index contributed by atoms with van der Waals surface area (Å²) in [6.07, 6.45) is 7.58. The van der Waals surface area contributed by atoms with Crippen molar-refractivity contribution in [2.75, 3.05) is 20.2 Å². The number of carbonyl (C=O) groups excluding carboxylic acids is 1. The molecule has 1 aliphatic heterocycles. The van der Waals surface area contributed by atoms with E-state index in [1.807, 2.05) is 22.7 Å². The van der Waals surface area contributed by atoms with Gasteiger partial charge in [0, 0.05) is 37.0 Å². The molecular weight excluding hydrogens is 435 g/mol. The Kier molecular flexibility index (Phi) is 5.71. The van der Waals surface area contributed by atoms with Gasteiger partial charge in [-0.05, 0) is 48.9 Å². The van der Waals surface area contributed by atoms with Crippen LogP contribution in [0.15, 0.2) is 73.7 Å². The fourth-order valence-electron chi connectivity index (χ4n) is 4.30. The molecule has 0 unspecified atom stereocenters. The number of nitrogens with zero attached hydrogens (tertiary/aromatic N) is 4. The summed E-state index contributed by atoms with van der Waals surface area (Å²) in [4.78, 5) is 23.1. The van der Waals surface area contributed by atoms with E-state index in [0.717, 1.165) is 29.0 Å². The molecule has 2 aromatic carbocycles. The van der Waals surface area contributed by atoms with Gasteiger partial charge in [-0.2, -0.15) is 4.39 Å². The molecule has 0 aliphatic carbocycles. The summed E-state index contributed by atoms with van der Waals surface area (Å²) in [6.45, 7) is 4.87. The molecule has 7 nitrogen and oxygen atoms in total. The summed E-state index contributed by atoms with van der Waals surface area (Å²) < 4.78 is 27.2. The number of methoxy groups -OCH3 is 1. The molecule has 0 saturated carbocycles. The van der Waals surface area contributed by atoms with Crippen LogP contribution in [0.1, 0.15) is 18.2 Å². The molecule has 0 bridgehead atoms. The van der Waals surface area contributed by atoms with Crippen molar-refractivity contribution in [3.8, 4) is 28.5 Å². The van der Waals surface area contributed by atoms with Gasteiger partial charge in [-0.25, -0.2) is 4.98 Å². The van der Waals surface area contributed by atoms with Crippen LogP contribution in [-0.4, -0.2) is 45.4 Å². The summed E-state index contributed by atoms with van der Waals surface area (Å²) in [7, 11) is 1.41. The second-order valence-corrected chi connectivity index (χ2v) is 8.02. The second kappa shape index (κ2) is 8.97. The SMILES string of the molecule is C=CC(=O)N1CC[C@@H](c2nc(-c3ccc(Oc4cccc(OC)c4F)cc3)c3cnccn23)C1. The molecule has 1 saturated heterocycles. The number of fused-ring (bicyclic) bond motifs is 1. The Balaban J connectivity index is 1.44. The van der Waals surface area contributed by atoms with E-state index in [-0.39, 0.29) is 23.3 Å². The van der Waals surface area contributed by atoms with Crippen molar-refractivity contribution in [1.82, 2.24) is 19.3 Å². The highest BCUT2D eigenvalue weighted by Gasteiger charge is 2.30. The van der Waals surface area contributed by atoms with E-state index in [1.54, 1.807) is 41.6 Å². The van der Waals surface area contributed by atoms with Crippen molar-refractivity contribution in [3.63, 3.8) is 0 Å². The summed E-state index contributed by atoms with van der Waals surface area (Å²) in [5.74, 6) is 1.10. The largest absolute Gasteiger partial charge is 0.494 e. The number of halogens is 1. The number of benzene rings is 2. The van der Waals surface area contributed by atoms with Crippen molar-refractivity contribution in [2.45, 2.75) is 12.3 Å². The Hall–Kier alpha value is -4.20. The third-order valence-corrected chi connectivity index (χ3v) is 6.02. The molecule has 1 fully saturated rings. The van der Waals surface area contributed by atoms with Gasteiger partial charge >= 0.3 is 0 Å². The molecule has 0 N–H and O–H groups in total. The number of rotatable bonds is 6. The standard InChI is InChI=1S/C26H23FN4O3/c1-3-23(32)30-13-11-18(16-30)26-29-25(20-15-28-12-14-31(20)26)17-7-9-19(10-8-17)34-22-6-4-5-21(33-2)24(22)27/h3-10,12,14-15,18H,1,11,13,16H2,2H3/t18-/m1/s1. The molecule has 4 aromatic rings. The van der Waals surface area contributed by atoms with Crippen LogP contribution in [0.5, 0.6) is 17.2 Å². The minimum Gasteiger partial charge on any atom is -0.494 e. The van der Waals surface area contributed by atoms with Crippen LogP contribution in [-0.2, 0) is 4.79 Å². The van der Waals surface area contributed by atoms with E-state index in [9.17, 15) is 9.18 Å². The molecule has 2 aromatic heterocycles. The van der Waals surface area contributed by atoms with Crippen LogP contribution in [0, 0.1) is 5.82 Å². The highest BCUT2D eigenvalue weighted by Crippen LogP contribution is 2.34. The van der Waals surface area contributed by atoms with E-state index < -0.39 is 5.82 Å². The first-order valence-electron chi connectivity index (χ1n) is 10.9. The molecule has 1 amide bonds. The van der Waals surface area contributed by atoms with Crippen molar-refractivity contribution in [1.29, 1.82) is 0 Å². The lowest BCUT2D eigenvalue weighted by molar-refractivity contribution is -0.125. The van der Waals surface area contributed by atoms with Gasteiger partial charge in [-0.15, -0.1) is 0 Å². The monoisotopic (exact) mass is 458 g/mol. The highest BCUT2D eigenvalue weighted by atomic mass is 19.1. The van der Waals surface area contributed by atoms with Crippen LogP contribution in [0.4, 0.5) is 4.39 Å². The number of ether oxygens (including phenoxy) is 2. The Morgan fingerprint density at radius 3 is 2.76 bits per heavy atom. The Morgan fingerprint density at radius 2 is 2.00 bits per heavy atom. The topological polar surface area (TPSA) is 69.0 Å². The number of likely N-dealkylation sites (tertiary alicyclic amines) is 1. The number of hydrogen-bond donors (Lipinski definition) is 0. The summed E-state index contributed by atoms with van der Waals surface area (Å²) >= 11 is 0. The van der Waals surface area contributed by atoms with Gasteiger partial charge in [0.05, 0.1) is 24.5 Å². The summed E-state index contributed by atoms with van der Waals surface area (Å²) in [5, 5.41) is 0. The second-order valence-electron chi connectivity index (χ2n) is 8.02.